The first-order valence-corrected chi connectivity index (χ1v) is 6.01. The molecule has 0 radical (unpaired) electrons. The van der Waals surface area contributed by atoms with Crippen LogP contribution in [0.1, 0.15) is 15.9 Å². The molecule has 0 N–H and O–H groups in total. The van der Waals surface area contributed by atoms with Crippen LogP contribution in [-0.2, 0) is 11.3 Å². The van der Waals surface area contributed by atoms with Crippen molar-refractivity contribution in [2.75, 3.05) is 7.11 Å². The minimum atomic E-state index is -0.403. The quantitative estimate of drug-likeness (QED) is 0.809. The Bertz CT molecular complexity index is 664. The van der Waals surface area contributed by atoms with Crippen molar-refractivity contribution in [1.29, 1.82) is 0 Å². The van der Waals surface area contributed by atoms with E-state index in [1.807, 2.05) is 6.07 Å². The predicted molar refractivity (Wildman–Crippen MR) is 72.6 cm³/mol. The Hall–Kier alpha value is -2.07. The minimum absolute atomic E-state index is 0.145. The van der Waals surface area contributed by atoms with E-state index < -0.39 is 5.97 Å². The number of hydrogen-bond donors (Lipinski definition) is 0. The summed E-state index contributed by atoms with van der Waals surface area (Å²) in [5.74, 6) is -0.403. The zero-order valence-corrected chi connectivity index (χ0v) is 11.1. The molecule has 0 saturated carbocycles. The van der Waals surface area contributed by atoms with Gasteiger partial charge in [-0.2, -0.15) is 0 Å². The lowest BCUT2D eigenvalue weighted by molar-refractivity contribution is 0.0600. The van der Waals surface area contributed by atoms with Gasteiger partial charge in [-0.15, -0.1) is 0 Å². The molecular weight excluding hydrogens is 266 g/mol. The lowest BCUT2D eigenvalue weighted by Crippen LogP contribution is -2.18. The topological polar surface area (TPSA) is 48.3 Å². The molecule has 2 rings (SSSR count). The van der Waals surface area contributed by atoms with E-state index in [1.165, 1.54) is 17.7 Å². The van der Waals surface area contributed by atoms with Crippen molar-refractivity contribution in [3.63, 3.8) is 0 Å². The highest BCUT2D eigenvalue weighted by atomic mass is 35.5. The number of pyridine rings is 1. The molecule has 19 heavy (non-hydrogen) atoms. The van der Waals surface area contributed by atoms with E-state index in [1.54, 1.807) is 30.5 Å². The van der Waals surface area contributed by atoms with Crippen LogP contribution >= 0.6 is 11.6 Å². The first-order valence-electron chi connectivity index (χ1n) is 5.63. The number of halogens is 1. The van der Waals surface area contributed by atoms with E-state index in [0.717, 1.165) is 5.56 Å². The van der Waals surface area contributed by atoms with Crippen LogP contribution in [0.15, 0.2) is 47.4 Å². The SMILES string of the molecule is COC(=O)c1cccc(Cn2cc(Cl)ccc2=O)c1. The third-order valence-corrected chi connectivity index (χ3v) is 2.87. The highest BCUT2D eigenvalue weighted by Crippen LogP contribution is 2.09. The van der Waals surface area contributed by atoms with Gasteiger partial charge in [0.25, 0.3) is 5.56 Å². The Kier molecular flexibility index (Phi) is 4.02. The maximum absolute atomic E-state index is 11.7. The molecule has 0 unspecified atom stereocenters. The first-order chi connectivity index (χ1) is 9.10. The number of carbonyl (C=O) groups excluding carboxylic acids is 1. The van der Waals surface area contributed by atoms with Gasteiger partial charge in [0, 0.05) is 12.3 Å². The van der Waals surface area contributed by atoms with E-state index in [-0.39, 0.29) is 5.56 Å². The molecule has 0 spiro atoms. The number of benzene rings is 1. The monoisotopic (exact) mass is 277 g/mol. The number of esters is 1. The molecule has 1 aromatic carbocycles. The number of carbonyl (C=O) groups is 1. The zero-order valence-electron chi connectivity index (χ0n) is 10.3. The predicted octanol–water partition coefficient (Wildman–Crippen LogP) is 2.34. The summed E-state index contributed by atoms with van der Waals surface area (Å²) in [5, 5.41) is 0.490. The van der Waals surface area contributed by atoms with Gasteiger partial charge in [-0.1, -0.05) is 23.7 Å². The molecule has 1 heterocycles. The van der Waals surface area contributed by atoms with Gasteiger partial charge in [0.15, 0.2) is 0 Å². The van der Waals surface area contributed by atoms with E-state index in [9.17, 15) is 9.59 Å². The summed E-state index contributed by atoms with van der Waals surface area (Å²) in [6.07, 6.45) is 1.56. The van der Waals surface area contributed by atoms with Gasteiger partial charge < -0.3 is 9.30 Å². The fourth-order valence-corrected chi connectivity index (χ4v) is 1.92. The fraction of sp³-hybridized carbons (Fsp3) is 0.143. The van der Waals surface area contributed by atoms with E-state index in [2.05, 4.69) is 4.74 Å². The summed E-state index contributed by atoms with van der Waals surface area (Å²) in [5.41, 5.74) is 1.13. The number of methoxy groups -OCH3 is 1. The molecule has 0 atom stereocenters. The van der Waals surface area contributed by atoms with Crippen molar-refractivity contribution >= 4 is 17.6 Å². The summed E-state index contributed by atoms with van der Waals surface area (Å²) in [7, 11) is 1.33. The van der Waals surface area contributed by atoms with Crippen LogP contribution in [0.5, 0.6) is 0 Å². The van der Waals surface area contributed by atoms with Crippen molar-refractivity contribution in [2.24, 2.45) is 0 Å². The third-order valence-electron chi connectivity index (χ3n) is 2.65. The van der Waals surface area contributed by atoms with Crippen molar-refractivity contribution in [3.8, 4) is 0 Å². The average molecular weight is 278 g/mol. The van der Waals surface area contributed by atoms with Crippen LogP contribution in [0, 0.1) is 0 Å². The Morgan fingerprint density at radius 1 is 1.32 bits per heavy atom. The molecule has 5 heteroatoms. The lowest BCUT2D eigenvalue weighted by atomic mass is 10.1. The highest BCUT2D eigenvalue weighted by Gasteiger charge is 2.06. The van der Waals surface area contributed by atoms with Gasteiger partial charge in [0.1, 0.15) is 0 Å². The van der Waals surface area contributed by atoms with Crippen LogP contribution in [0.2, 0.25) is 5.02 Å². The van der Waals surface area contributed by atoms with Gasteiger partial charge >= 0.3 is 5.97 Å². The number of aromatic nitrogens is 1. The summed E-state index contributed by atoms with van der Waals surface area (Å²) >= 11 is 5.85. The van der Waals surface area contributed by atoms with Crippen LogP contribution in [0.4, 0.5) is 0 Å². The van der Waals surface area contributed by atoms with Crippen LogP contribution in [0.3, 0.4) is 0 Å². The number of hydrogen-bond acceptors (Lipinski definition) is 3. The largest absolute Gasteiger partial charge is 0.465 e. The molecule has 1 aromatic heterocycles. The van der Waals surface area contributed by atoms with Gasteiger partial charge in [-0.25, -0.2) is 4.79 Å². The Morgan fingerprint density at radius 3 is 2.84 bits per heavy atom. The molecule has 98 valence electrons. The third kappa shape index (κ3) is 3.23. The molecule has 4 nitrogen and oxygen atoms in total. The fourth-order valence-electron chi connectivity index (χ4n) is 1.74. The molecule has 0 aliphatic carbocycles. The molecular formula is C14H12ClNO3. The standard InChI is InChI=1S/C14H12ClNO3/c1-19-14(18)11-4-2-3-10(7-11)8-16-9-12(15)5-6-13(16)17/h2-7,9H,8H2,1H3. The van der Waals surface area contributed by atoms with E-state index >= 15 is 0 Å². The zero-order chi connectivity index (χ0) is 13.8. The number of rotatable bonds is 3. The Balaban J connectivity index is 2.31. The van der Waals surface area contributed by atoms with Crippen LogP contribution < -0.4 is 5.56 Å². The van der Waals surface area contributed by atoms with Crippen molar-refractivity contribution in [2.45, 2.75) is 6.54 Å². The van der Waals surface area contributed by atoms with Crippen molar-refractivity contribution in [1.82, 2.24) is 4.57 Å². The summed E-state index contributed by atoms with van der Waals surface area (Å²) < 4.78 is 6.14. The molecule has 0 saturated heterocycles. The van der Waals surface area contributed by atoms with Gasteiger partial charge in [-0.05, 0) is 23.8 Å². The molecule has 0 bridgehead atoms. The molecule has 0 fully saturated rings. The molecule has 0 amide bonds. The maximum atomic E-state index is 11.7. The average Bonchev–Trinajstić information content (AvgIpc) is 2.42. The minimum Gasteiger partial charge on any atom is -0.465 e. The Morgan fingerprint density at radius 2 is 2.11 bits per heavy atom. The number of nitrogens with zero attached hydrogens (tertiary/aromatic N) is 1. The smallest absolute Gasteiger partial charge is 0.337 e. The van der Waals surface area contributed by atoms with E-state index in [4.69, 9.17) is 11.6 Å². The summed E-state index contributed by atoms with van der Waals surface area (Å²) in [6, 6.07) is 9.89. The second-order valence-corrected chi connectivity index (χ2v) is 4.44. The Labute approximate surface area is 115 Å². The van der Waals surface area contributed by atoms with Crippen molar-refractivity contribution in [3.05, 3.63) is 69.1 Å². The number of ether oxygens (including phenoxy) is 1. The second-order valence-electron chi connectivity index (χ2n) is 4.01. The summed E-state index contributed by atoms with van der Waals surface area (Å²) in [4.78, 5) is 23.1. The summed E-state index contributed by atoms with van der Waals surface area (Å²) in [6.45, 7) is 0.351. The maximum Gasteiger partial charge on any atom is 0.337 e. The van der Waals surface area contributed by atoms with E-state index in [0.29, 0.717) is 17.1 Å². The normalized spacial score (nSPS) is 10.2. The highest BCUT2D eigenvalue weighted by molar-refractivity contribution is 6.30. The molecule has 0 aliphatic heterocycles. The second kappa shape index (κ2) is 5.71. The molecule has 0 aliphatic rings. The first kappa shape index (κ1) is 13.4. The van der Waals surface area contributed by atoms with Gasteiger partial charge in [0.2, 0.25) is 0 Å². The van der Waals surface area contributed by atoms with Crippen LogP contribution in [-0.4, -0.2) is 17.6 Å². The van der Waals surface area contributed by atoms with Gasteiger partial charge in [-0.3, -0.25) is 4.79 Å². The molecule has 2 aromatic rings. The van der Waals surface area contributed by atoms with Crippen LogP contribution in [0.25, 0.3) is 0 Å². The van der Waals surface area contributed by atoms with Crippen molar-refractivity contribution < 1.29 is 9.53 Å². The van der Waals surface area contributed by atoms with Gasteiger partial charge in [0.05, 0.1) is 24.2 Å². The lowest BCUT2D eigenvalue weighted by Gasteiger charge is -2.07.